The van der Waals surface area contributed by atoms with Gasteiger partial charge in [0.05, 0.1) is 11.6 Å². The molecule has 0 aliphatic rings. The van der Waals surface area contributed by atoms with E-state index >= 15 is 0 Å². The molecule has 3 aromatic heterocycles. The second-order valence-electron chi connectivity index (χ2n) is 4.03. The maximum absolute atomic E-state index is 5.38. The van der Waals surface area contributed by atoms with Gasteiger partial charge in [0.1, 0.15) is 5.52 Å². The molecule has 0 bridgehead atoms. The average Bonchev–Trinajstić information content (AvgIpc) is 3.17. The highest BCUT2D eigenvalue weighted by molar-refractivity contribution is 5.93. The van der Waals surface area contributed by atoms with Gasteiger partial charge in [0, 0.05) is 0 Å². The van der Waals surface area contributed by atoms with E-state index in [0.29, 0.717) is 22.9 Å². The van der Waals surface area contributed by atoms with E-state index < -0.39 is 0 Å². The van der Waals surface area contributed by atoms with Crippen molar-refractivity contribution in [1.82, 2.24) is 20.6 Å². The lowest BCUT2D eigenvalue weighted by atomic mass is 10.1. The SMILES string of the molecule is c1coc(-c2n[nH]nc2-c2onc3ccccc23)c1. The number of H-pyrrole nitrogens is 1. The van der Waals surface area contributed by atoms with E-state index in [1.807, 2.05) is 30.3 Å². The Labute approximate surface area is 107 Å². The Hall–Kier alpha value is -2.89. The van der Waals surface area contributed by atoms with Crippen LogP contribution in [0.1, 0.15) is 0 Å². The van der Waals surface area contributed by atoms with Crippen LogP contribution in [0.25, 0.3) is 33.8 Å². The second kappa shape index (κ2) is 3.81. The lowest BCUT2D eigenvalue weighted by Gasteiger charge is -1.93. The molecule has 6 heteroatoms. The molecular weight excluding hydrogens is 244 g/mol. The first-order valence-electron chi connectivity index (χ1n) is 5.73. The number of benzene rings is 1. The minimum Gasteiger partial charge on any atom is -0.463 e. The van der Waals surface area contributed by atoms with Crippen LogP contribution < -0.4 is 0 Å². The Morgan fingerprint density at radius 1 is 0.947 bits per heavy atom. The standard InChI is InChI=1S/C13H8N4O2/c1-2-5-9-8(4-1)13(19-16-9)12-11(14-17-15-12)10-6-3-7-18-10/h1-7H,(H,14,15,17). The Kier molecular flexibility index (Phi) is 2.02. The van der Waals surface area contributed by atoms with Crippen molar-refractivity contribution >= 4 is 10.9 Å². The van der Waals surface area contributed by atoms with Crippen molar-refractivity contribution in [3.05, 3.63) is 42.7 Å². The first kappa shape index (κ1) is 10.1. The Morgan fingerprint density at radius 2 is 1.84 bits per heavy atom. The zero-order chi connectivity index (χ0) is 12.7. The van der Waals surface area contributed by atoms with Crippen molar-refractivity contribution in [1.29, 1.82) is 0 Å². The van der Waals surface area contributed by atoms with Crippen molar-refractivity contribution in [3.8, 4) is 22.9 Å². The summed E-state index contributed by atoms with van der Waals surface area (Å²) in [5.74, 6) is 1.21. The Bertz CT molecular complexity index is 829. The summed E-state index contributed by atoms with van der Waals surface area (Å²) in [4.78, 5) is 0. The molecule has 1 aromatic carbocycles. The maximum atomic E-state index is 5.38. The van der Waals surface area contributed by atoms with Crippen LogP contribution in [0.15, 0.2) is 51.6 Å². The first-order chi connectivity index (χ1) is 9.43. The Morgan fingerprint density at radius 3 is 2.74 bits per heavy atom. The second-order valence-corrected chi connectivity index (χ2v) is 4.03. The molecule has 0 atom stereocenters. The predicted octanol–water partition coefficient (Wildman–Crippen LogP) is 2.87. The van der Waals surface area contributed by atoms with E-state index in [2.05, 4.69) is 20.6 Å². The molecule has 0 spiro atoms. The fraction of sp³-hybridized carbons (Fsp3) is 0. The largest absolute Gasteiger partial charge is 0.463 e. The van der Waals surface area contributed by atoms with E-state index in [1.54, 1.807) is 12.3 Å². The zero-order valence-electron chi connectivity index (χ0n) is 9.70. The van der Waals surface area contributed by atoms with Gasteiger partial charge in [0.2, 0.25) is 0 Å². The summed E-state index contributed by atoms with van der Waals surface area (Å²) >= 11 is 0. The maximum Gasteiger partial charge on any atom is 0.197 e. The van der Waals surface area contributed by atoms with Gasteiger partial charge in [-0.2, -0.15) is 15.4 Å². The fourth-order valence-corrected chi connectivity index (χ4v) is 2.03. The van der Waals surface area contributed by atoms with Gasteiger partial charge >= 0.3 is 0 Å². The van der Waals surface area contributed by atoms with Crippen LogP contribution in [0, 0.1) is 0 Å². The van der Waals surface area contributed by atoms with Crippen LogP contribution in [0.5, 0.6) is 0 Å². The number of fused-ring (bicyclic) bond motifs is 1. The molecule has 1 N–H and O–H groups in total. The molecule has 0 amide bonds. The highest BCUT2D eigenvalue weighted by atomic mass is 16.5. The van der Waals surface area contributed by atoms with Crippen molar-refractivity contribution < 1.29 is 8.94 Å². The van der Waals surface area contributed by atoms with E-state index in [-0.39, 0.29) is 0 Å². The van der Waals surface area contributed by atoms with Gasteiger partial charge in [-0.3, -0.25) is 0 Å². The third-order valence-corrected chi connectivity index (χ3v) is 2.90. The van der Waals surface area contributed by atoms with E-state index in [9.17, 15) is 0 Å². The van der Waals surface area contributed by atoms with Crippen LogP contribution in [0.3, 0.4) is 0 Å². The van der Waals surface area contributed by atoms with Gasteiger partial charge in [0.15, 0.2) is 22.9 Å². The quantitative estimate of drug-likeness (QED) is 0.593. The summed E-state index contributed by atoms with van der Waals surface area (Å²) in [6, 6.07) is 11.3. The monoisotopic (exact) mass is 252 g/mol. The molecule has 0 saturated heterocycles. The molecule has 0 fully saturated rings. The highest BCUT2D eigenvalue weighted by Gasteiger charge is 2.20. The molecule has 0 saturated carbocycles. The molecule has 0 unspecified atom stereocenters. The van der Waals surface area contributed by atoms with Gasteiger partial charge < -0.3 is 8.94 Å². The van der Waals surface area contributed by atoms with Crippen molar-refractivity contribution in [2.24, 2.45) is 0 Å². The number of aromatic amines is 1. The molecule has 92 valence electrons. The van der Waals surface area contributed by atoms with E-state index in [0.717, 1.165) is 10.9 Å². The summed E-state index contributed by atoms with van der Waals surface area (Å²) < 4.78 is 10.7. The van der Waals surface area contributed by atoms with E-state index in [4.69, 9.17) is 8.94 Å². The number of rotatable bonds is 2. The summed E-state index contributed by atoms with van der Waals surface area (Å²) in [6.45, 7) is 0. The number of nitrogens with zero attached hydrogens (tertiary/aromatic N) is 3. The summed E-state index contributed by atoms with van der Waals surface area (Å²) in [7, 11) is 0. The smallest absolute Gasteiger partial charge is 0.197 e. The molecule has 0 aliphatic carbocycles. The summed E-state index contributed by atoms with van der Waals surface area (Å²) in [5.41, 5.74) is 1.97. The molecule has 6 nitrogen and oxygen atoms in total. The third kappa shape index (κ3) is 1.46. The molecular formula is C13H8N4O2. The highest BCUT2D eigenvalue weighted by Crippen LogP contribution is 2.33. The van der Waals surface area contributed by atoms with Gasteiger partial charge in [-0.05, 0) is 24.3 Å². The topological polar surface area (TPSA) is 80.7 Å². The fourth-order valence-electron chi connectivity index (χ4n) is 2.03. The molecule has 4 aromatic rings. The van der Waals surface area contributed by atoms with Crippen LogP contribution in [-0.2, 0) is 0 Å². The van der Waals surface area contributed by atoms with Gasteiger partial charge in [-0.15, -0.1) is 0 Å². The minimum atomic E-state index is 0.579. The number of nitrogens with one attached hydrogen (secondary N) is 1. The summed E-state index contributed by atoms with van der Waals surface area (Å²) in [6.07, 6.45) is 1.59. The number of hydrogen-bond acceptors (Lipinski definition) is 5. The minimum absolute atomic E-state index is 0.579. The van der Waals surface area contributed by atoms with Crippen LogP contribution in [0.2, 0.25) is 0 Å². The van der Waals surface area contributed by atoms with Crippen LogP contribution in [0.4, 0.5) is 0 Å². The zero-order valence-corrected chi connectivity index (χ0v) is 9.70. The molecule has 3 heterocycles. The number of furan rings is 1. The predicted molar refractivity (Wildman–Crippen MR) is 67.1 cm³/mol. The molecule has 0 radical (unpaired) electrons. The van der Waals surface area contributed by atoms with E-state index in [1.165, 1.54) is 0 Å². The van der Waals surface area contributed by atoms with Gasteiger partial charge in [0.25, 0.3) is 0 Å². The molecule has 0 aliphatic heterocycles. The van der Waals surface area contributed by atoms with Crippen molar-refractivity contribution in [2.75, 3.05) is 0 Å². The third-order valence-electron chi connectivity index (χ3n) is 2.90. The lowest BCUT2D eigenvalue weighted by Crippen LogP contribution is -1.80. The molecule has 4 rings (SSSR count). The average molecular weight is 252 g/mol. The van der Waals surface area contributed by atoms with Gasteiger partial charge in [-0.1, -0.05) is 17.3 Å². The summed E-state index contributed by atoms with van der Waals surface area (Å²) in [5, 5.41) is 15.7. The first-order valence-corrected chi connectivity index (χ1v) is 5.73. The normalized spacial score (nSPS) is 11.2. The van der Waals surface area contributed by atoms with Crippen molar-refractivity contribution in [2.45, 2.75) is 0 Å². The lowest BCUT2D eigenvalue weighted by molar-refractivity contribution is 0.439. The number of aromatic nitrogens is 4. The Balaban J connectivity index is 1.96. The van der Waals surface area contributed by atoms with Gasteiger partial charge in [-0.25, -0.2) is 0 Å². The van der Waals surface area contributed by atoms with Crippen LogP contribution in [-0.4, -0.2) is 20.6 Å². The van der Waals surface area contributed by atoms with Crippen LogP contribution >= 0.6 is 0 Å². The molecule has 19 heavy (non-hydrogen) atoms. The number of hydrogen-bond donors (Lipinski definition) is 1. The van der Waals surface area contributed by atoms with Crippen molar-refractivity contribution in [3.63, 3.8) is 0 Å².